The first-order valence-electron chi connectivity index (χ1n) is 13.2. The van der Waals surface area contributed by atoms with E-state index in [-0.39, 0.29) is 17.0 Å². The predicted octanol–water partition coefficient (Wildman–Crippen LogP) is 4.41. The third-order valence-corrected chi connectivity index (χ3v) is 8.73. The number of rotatable bonds is 9. The molecule has 0 aliphatic carbocycles. The molecule has 0 radical (unpaired) electrons. The van der Waals surface area contributed by atoms with Gasteiger partial charge in [-0.1, -0.05) is 30.7 Å². The van der Waals surface area contributed by atoms with Crippen molar-refractivity contribution in [2.24, 2.45) is 0 Å². The molecule has 1 atom stereocenters. The molecule has 2 aromatic heterocycles. The number of carboxylic acids is 1. The minimum atomic E-state index is -3.82. The normalized spacial score (nSPS) is 14.7. The van der Waals surface area contributed by atoms with Crippen LogP contribution < -0.4 is 15.4 Å². The van der Waals surface area contributed by atoms with Crippen LogP contribution in [0.15, 0.2) is 84.1 Å². The number of aliphatic carboxylic acids is 1. The molecule has 41 heavy (non-hydrogen) atoms. The Morgan fingerprint density at radius 3 is 2.49 bits per heavy atom. The lowest BCUT2D eigenvalue weighted by molar-refractivity contribution is -0.139. The highest BCUT2D eigenvalue weighted by Crippen LogP contribution is 2.28. The summed E-state index contributed by atoms with van der Waals surface area (Å²) in [6, 6.07) is 14.5. The van der Waals surface area contributed by atoms with E-state index in [0.717, 1.165) is 30.0 Å². The number of anilines is 1. The van der Waals surface area contributed by atoms with Gasteiger partial charge in [-0.15, -0.1) is 0 Å². The zero-order chi connectivity index (χ0) is 28.8. The molecule has 5 rings (SSSR count). The summed E-state index contributed by atoms with van der Waals surface area (Å²) < 4.78 is 33.8. The van der Waals surface area contributed by atoms with E-state index in [1.54, 1.807) is 55.0 Å². The van der Waals surface area contributed by atoms with Crippen molar-refractivity contribution < 1.29 is 27.9 Å². The number of para-hydroxylation sites is 1. The molecule has 3 heterocycles. The van der Waals surface area contributed by atoms with Gasteiger partial charge in [0.2, 0.25) is 15.9 Å². The standard InChI is InChI=1S/C29H29N5O6S/c35-28(36)25(18-20-8-10-22(11-9-20)40-27-23-13-14-30-19-21(23)12-15-31-27)33-29(37)32-24-6-2-3-7-26(24)41(38,39)34-16-4-1-5-17-34/h2-3,6-15,19,25H,1,4-5,16-18H2,(H,35,36)(H2,32,33,37)/t25-/m0/s1. The lowest BCUT2D eigenvalue weighted by atomic mass is 10.1. The van der Waals surface area contributed by atoms with Gasteiger partial charge < -0.3 is 20.5 Å². The number of nitrogens with one attached hydrogen (secondary N) is 2. The Kier molecular flexibility index (Phi) is 8.41. The number of aromatic nitrogens is 2. The molecule has 4 aromatic rings. The average molecular weight is 576 g/mol. The maximum Gasteiger partial charge on any atom is 0.326 e. The molecule has 2 amide bonds. The fourth-order valence-corrected chi connectivity index (χ4v) is 6.33. The first kappa shape index (κ1) is 28.0. The van der Waals surface area contributed by atoms with Gasteiger partial charge in [-0.05, 0) is 54.8 Å². The summed E-state index contributed by atoms with van der Waals surface area (Å²) in [4.78, 5) is 33.1. The SMILES string of the molecule is O=C(Nc1ccccc1S(=O)(=O)N1CCCCC1)N[C@@H](Cc1ccc(Oc2nccc3cnccc23)cc1)C(=O)O. The monoisotopic (exact) mass is 575 g/mol. The van der Waals surface area contributed by atoms with E-state index in [0.29, 0.717) is 30.3 Å². The topological polar surface area (TPSA) is 151 Å². The quantitative estimate of drug-likeness (QED) is 0.265. The van der Waals surface area contributed by atoms with Crippen LogP contribution in [0.2, 0.25) is 0 Å². The molecule has 3 N–H and O–H groups in total. The number of benzene rings is 2. The first-order valence-corrected chi connectivity index (χ1v) is 14.6. The van der Waals surface area contributed by atoms with Crippen LogP contribution in [0.5, 0.6) is 11.6 Å². The second-order valence-corrected chi connectivity index (χ2v) is 11.5. The van der Waals surface area contributed by atoms with E-state index in [2.05, 4.69) is 20.6 Å². The van der Waals surface area contributed by atoms with Crippen LogP contribution in [-0.4, -0.2) is 58.9 Å². The zero-order valence-electron chi connectivity index (χ0n) is 22.1. The number of amides is 2. The number of carbonyl (C=O) groups is 2. The van der Waals surface area contributed by atoms with Crippen LogP contribution >= 0.6 is 0 Å². The summed E-state index contributed by atoms with van der Waals surface area (Å²) in [5.74, 6) is -0.306. The third kappa shape index (κ3) is 6.61. The molecule has 1 fully saturated rings. The fourth-order valence-electron chi connectivity index (χ4n) is 4.67. The first-order chi connectivity index (χ1) is 19.8. The maximum absolute atomic E-state index is 13.2. The van der Waals surface area contributed by atoms with Crippen LogP contribution in [0.3, 0.4) is 0 Å². The molecule has 11 nitrogen and oxygen atoms in total. The highest BCUT2D eigenvalue weighted by atomic mass is 32.2. The van der Waals surface area contributed by atoms with Gasteiger partial charge in [0.05, 0.1) is 5.69 Å². The van der Waals surface area contributed by atoms with E-state index < -0.39 is 28.1 Å². The van der Waals surface area contributed by atoms with E-state index >= 15 is 0 Å². The molecule has 0 spiro atoms. The second kappa shape index (κ2) is 12.3. The number of carbonyl (C=O) groups excluding carboxylic acids is 1. The van der Waals surface area contributed by atoms with Gasteiger partial charge in [0.15, 0.2) is 0 Å². The van der Waals surface area contributed by atoms with Crippen LogP contribution in [0.25, 0.3) is 10.8 Å². The van der Waals surface area contributed by atoms with Crippen molar-refractivity contribution in [2.45, 2.75) is 36.6 Å². The van der Waals surface area contributed by atoms with E-state index in [1.807, 2.05) is 12.1 Å². The molecular formula is C29H29N5O6S. The van der Waals surface area contributed by atoms with Gasteiger partial charge in [-0.3, -0.25) is 4.98 Å². The Balaban J connectivity index is 1.24. The zero-order valence-corrected chi connectivity index (χ0v) is 22.9. The van der Waals surface area contributed by atoms with Crippen molar-refractivity contribution in [2.75, 3.05) is 18.4 Å². The van der Waals surface area contributed by atoms with E-state index in [9.17, 15) is 23.1 Å². The molecule has 2 aromatic carbocycles. The Labute approximate surface area is 237 Å². The minimum Gasteiger partial charge on any atom is -0.480 e. The van der Waals surface area contributed by atoms with Crippen molar-refractivity contribution in [1.82, 2.24) is 19.6 Å². The summed E-state index contributed by atoms with van der Waals surface area (Å²) in [5, 5.41) is 16.4. The van der Waals surface area contributed by atoms with Gasteiger partial charge in [0.1, 0.15) is 16.7 Å². The molecule has 1 aliphatic rings. The maximum atomic E-state index is 13.2. The number of sulfonamides is 1. The highest BCUT2D eigenvalue weighted by molar-refractivity contribution is 7.89. The number of hydrogen-bond acceptors (Lipinski definition) is 7. The van der Waals surface area contributed by atoms with E-state index in [1.165, 1.54) is 16.4 Å². The van der Waals surface area contributed by atoms with Gasteiger partial charge in [0, 0.05) is 48.9 Å². The predicted molar refractivity (Wildman–Crippen MR) is 152 cm³/mol. The fraction of sp³-hybridized carbons (Fsp3) is 0.241. The van der Waals surface area contributed by atoms with Crippen molar-refractivity contribution in [1.29, 1.82) is 0 Å². The number of ether oxygens (including phenoxy) is 1. The van der Waals surface area contributed by atoms with Crippen LogP contribution in [-0.2, 0) is 21.2 Å². The van der Waals surface area contributed by atoms with Crippen molar-refractivity contribution in [3.63, 3.8) is 0 Å². The van der Waals surface area contributed by atoms with Gasteiger partial charge >= 0.3 is 12.0 Å². The summed E-state index contributed by atoms with van der Waals surface area (Å²) in [7, 11) is -3.82. The summed E-state index contributed by atoms with van der Waals surface area (Å²) in [6.45, 7) is 0.841. The second-order valence-electron chi connectivity index (χ2n) is 9.61. The third-order valence-electron chi connectivity index (χ3n) is 6.78. The Morgan fingerprint density at radius 2 is 1.73 bits per heavy atom. The number of nitrogens with zero attached hydrogens (tertiary/aromatic N) is 3. The number of fused-ring (bicyclic) bond motifs is 1. The number of carboxylic acid groups (broad SMARTS) is 1. The van der Waals surface area contributed by atoms with Gasteiger partial charge in [0.25, 0.3) is 0 Å². The molecule has 1 saturated heterocycles. The number of piperidine rings is 1. The van der Waals surface area contributed by atoms with Crippen molar-refractivity contribution in [3.8, 4) is 11.6 Å². The smallest absolute Gasteiger partial charge is 0.326 e. The Hall–Kier alpha value is -4.55. The highest BCUT2D eigenvalue weighted by Gasteiger charge is 2.29. The van der Waals surface area contributed by atoms with Crippen molar-refractivity contribution >= 4 is 38.5 Å². The number of pyridine rings is 2. The molecule has 0 unspecified atom stereocenters. The molecule has 0 saturated carbocycles. The largest absolute Gasteiger partial charge is 0.480 e. The van der Waals surface area contributed by atoms with Gasteiger partial charge in [-0.25, -0.2) is 23.0 Å². The van der Waals surface area contributed by atoms with E-state index in [4.69, 9.17) is 4.74 Å². The molecule has 0 bridgehead atoms. The van der Waals surface area contributed by atoms with Gasteiger partial charge in [-0.2, -0.15) is 4.31 Å². The van der Waals surface area contributed by atoms with Crippen molar-refractivity contribution in [3.05, 3.63) is 84.8 Å². The van der Waals surface area contributed by atoms with Crippen LogP contribution in [0, 0.1) is 0 Å². The summed E-state index contributed by atoms with van der Waals surface area (Å²) in [5.41, 5.74) is 0.729. The molecule has 212 valence electrons. The Morgan fingerprint density at radius 1 is 0.976 bits per heavy atom. The lowest BCUT2D eigenvalue weighted by Crippen LogP contribution is -2.44. The molecular weight excluding hydrogens is 546 g/mol. The molecule has 1 aliphatic heterocycles. The average Bonchev–Trinajstić information content (AvgIpc) is 2.98. The minimum absolute atomic E-state index is 0.00502. The Bertz CT molecular complexity index is 1650. The van der Waals surface area contributed by atoms with Crippen LogP contribution in [0.1, 0.15) is 24.8 Å². The number of hydrogen-bond donors (Lipinski definition) is 3. The summed E-state index contributed by atoms with van der Waals surface area (Å²) in [6.07, 6.45) is 7.52. The summed E-state index contributed by atoms with van der Waals surface area (Å²) >= 11 is 0. The van der Waals surface area contributed by atoms with Crippen LogP contribution in [0.4, 0.5) is 10.5 Å². The molecule has 12 heteroatoms. The number of urea groups is 1. The lowest BCUT2D eigenvalue weighted by Gasteiger charge is -2.27.